The topological polar surface area (TPSA) is 86.2 Å². The number of ketones is 1. The Hall–Kier alpha value is -4.10. The largest absolute Gasteiger partial charge is 0.481 e. The SMILES string of the molecule is COc1nc(OCc2cccc(-c3cccc(COc4ccc(CN5C[C@@H](F)C[C@H]5C(C)=O)c(OC)n4)c3Cl)c2Cl)ccc1CN1CCC(C(F)F)C1. The molecule has 14 heteroatoms. The number of carbonyl (C=O) groups is 1. The lowest BCUT2D eigenvalue weighted by Gasteiger charge is -2.22. The van der Waals surface area contributed by atoms with Gasteiger partial charge in [0.2, 0.25) is 29.9 Å². The van der Waals surface area contributed by atoms with Crippen molar-refractivity contribution in [2.24, 2.45) is 5.92 Å². The second-order valence-corrected chi connectivity index (χ2v) is 14.0. The van der Waals surface area contributed by atoms with Gasteiger partial charge < -0.3 is 18.9 Å². The lowest BCUT2D eigenvalue weighted by Crippen LogP contribution is -2.34. The van der Waals surface area contributed by atoms with Crippen molar-refractivity contribution in [2.75, 3.05) is 33.9 Å². The zero-order valence-corrected chi connectivity index (χ0v) is 31.2. The molecule has 4 aromatic rings. The fourth-order valence-electron chi connectivity index (χ4n) is 6.88. The van der Waals surface area contributed by atoms with Crippen LogP contribution in [-0.2, 0) is 31.1 Å². The minimum Gasteiger partial charge on any atom is -0.481 e. The van der Waals surface area contributed by atoms with E-state index in [2.05, 4.69) is 9.97 Å². The fraction of sp³-hybridized carbons (Fsp3) is 0.410. The van der Waals surface area contributed by atoms with Crippen LogP contribution >= 0.6 is 23.2 Å². The van der Waals surface area contributed by atoms with Crippen molar-refractivity contribution in [1.82, 2.24) is 19.8 Å². The van der Waals surface area contributed by atoms with Gasteiger partial charge in [-0.25, -0.2) is 13.2 Å². The number of hydrogen-bond donors (Lipinski definition) is 0. The van der Waals surface area contributed by atoms with E-state index < -0.39 is 24.6 Å². The number of Topliss-reactive ketones (excluding diaryl/α,β-unsaturated/α-hetero) is 1. The molecule has 6 rings (SSSR count). The molecule has 9 nitrogen and oxygen atoms in total. The van der Waals surface area contributed by atoms with Gasteiger partial charge in [-0.3, -0.25) is 14.6 Å². The maximum absolute atomic E-state index is 14.1. The number of rotatable bonds is 15. The van der Waals surface area contributed by atoms with Gasteiger partial charge in [0.1, 0.15) is 25.2 Å². The molecule has 282 valence electrons. The standard InChI is InChI=1S/C39H41Cl2F3N4O5/c1-23(49)32-16-29(42)20-48(32)19-26-11-13-34(46-39(26)51-3)53-22-28-7-5-9-31(36(28)41)30-8-4-6-27(35(30)40)21-52-33-12-10-25(38(45-33)50-2)18-47-15-14-24(17-47)37(43)44/h4-13,24,29,32,37H,14-22H2,1-3H3/t24?,29-,32-/m0/s1. The molecule has 0 amide bonds. The van der Waals surface area contributed by atoms with Crippen LogP contribution in [0.4, 0.5) is 13.2 Å². The summed E-state index contributed by atoms with van der Waals surface area (Å²) in [5.74, 6) is 0.667. The Morgan fingerprint density at radius 1 is 0.811 bits per heavy atom. The Bertz CT molecular complexity index is 1920. The average Bonchev–Trinajstić information content (AvgIpc) is 3.78. The van der Waals surface area contributed by atoms with Gasteiger partial charge in [-0.05, 0) is 32.0 Å². The van der Waals surface area contributed by atoms with Crippen LogP contribution in [-0.4, -0.2) is 78.0 Å². The molecule has 0 aliphatic carbocycles. The number of nitrogens with zero attached hydrogens (tertiary/aromatic N) is 4. The van der Waals surface area contributed by atoms with Crippen LogP contribution in [0.5, 0.6) is 23.5 Å². The molecule has 2 aromatic carbocycles. The third-order valence-electron chi connectivity index (χ3n) is 9.67. The molecule has 2 fully saturated rings. The lowest BCUT2D eigenvalue weighted by atomic mass is 10.0. The summed E-state index contributed by atoms with van der Waals surface area (Å²) in [5.41, 5.74) is 4.34. The Labute approximate surface area is 316 Å². The van der Waals surface area contributed by atoms with Crippen molar-refractivity contribution in [3.05, 3.63) is 93.0 Å². The molecule has 3 atom stereocenters. The molecule has 2 aromatic heterocycles. The first-order chi connectivity index (χ1) is 25.5. The Morgan fingerprint density at radius 3 is 1.85 bits per heavy atom. The van der Waals surface area contributed by atoms with Crippen molar-refractivity contribution in [2.45, 2.75) is 64.7 Å². The van der Waals surface area contributed by atoms with E-state index in [9.17, 15) is 18.0 Å². The van der Waals surface area contributed by atoms with Crippen LogP contribution in [0.1, 0.15) is 42.0 Å². The molecule has 2 saturated heterocycles. The maximum atomic E-state index is 14.1. The van der Waals surface area contributed by atoms with E-state index in [0.717, 1.165) is 11.1 Å². The normalized spacial score (nSPS) is 19.2. The summed E-state index contributed by atoms with van der Waals surface area (Å²) in [6, 6.07) is 17.8. The number of aromatic nitrogens is 2. The summed E-state index contributed by atoms with van der Waals surface area (Å²) >= 11 is 13.8. The number of hydrogen-bond acceptors (Lipinski definition) is 9. The summed E-state index contributed by atoms with van der Waals surface area (Å²) < 4.78 is 63.4. The van der Waals surface area contributed by atoms with Crippen molar-refractivity contribution < 1.29 is 36.9 Å². The van der Waals surface area contributed by atoms with Gasteiger partial charge in [-0.1, -0.05) is 59.6 Å². The predicted octanol–water partition coefficient (Wildman–Crippen LogP) is 8.21. The van der Waals surface area contributed by atoms with Crippen LogP contribution in [0.3, 0.4) is 0 Å². The molecule has 2 aliphatic heterocycles. The average molecular weight is 774 g/mol. The van der Waals surface area contributed by atoms with Crippen molar-refractivity contribution >= 4 is 29.0 Å². The van der Waals surface area contributed by atoms with Gasteiger partial charge in [0.05, 0.1) is 30.3 Å². The first-order valence-corrected chi connectivity index (χ1v) is 18.1. The highest BCUT2D eigenvalue weighted by molar-refractivity contribution is 6.37. The van der Waals surface area contributed by atoms with Crippen molar-refractivity contribution in [1.29, 1.82) is 0 Å². The van der Waals surface area contributed by atoms with E-state index in [4.69, 9.17) is 42.1 Å². The van der Waals surface area contributed by atoms with Gasteiger partial charge in [-0.15, -0.1) is 0 Å². The molecule has 0 bridgehead atoms. The van der Waals surface area contributed by atoms with Gasteiger partial charge in [-0.2, -0.15) is 9.97 Å². The number of methoxy groups -OCH3 is 2. The number of ether oxygens (including phenoxy) is 4. The number of halogens is 5. The minimum atomic E-state index is -2.32. The number of benzene rings is 2. The molecule has 0 radical (unpaired) electrons. The van der Waals surface area contributed by atoms with Crippen molar-refractivity contribution in [3.8, 4) is 34.6 Å². The van der Waals surface area contributed by atoms with Gasteiger partial charge in [0.25, 0.3) is 0 Å². The van der Waals surface area contributed by atoms with Crippen LogP contribution in [0, 0.1) is 5.92 Å². The van der Waals surface area contributed by atoms with Crippen LogP contribution in [0.2, 0.25) is 10.0 Å². The van der Waals surface area contributed by atoms with Gasteiger partial charge in [0, 0.05) is 84.0 Å². The van der Waals surface area contributed by atoms with E-state index in [-0.39, 0.29) is 32.0 Å². The zero-order valence-electron chi connectivity index (χ0n) is 29.7. The second kappa shape index (κ2) is 17.4. The van der Waals surface area contributed by atoms with Gasteiger partial charge >= 0.3 is 0 Å². The van der Waals surface area contributed by atoms with E-state index in [1.54, 1.807) is 18.2 Å². The van der Waals surface area contributed by atoms with Crippen LogP contribution in [0.15, 0.2) is 60.7 Å². The molecule has 1 unspecified atom stereocenters. The number of alkyl halides is 3. The quantitative estimate of drug-likeness (QED) is 0.119. The third kappa shape index (κ3) is 9.17. The summed E-state index contributed by atoms with van der Waals surface area (Å²) in [7, 11) is 3.01. The molecule has 0 saturated carbocycles. The first-order valence-electron chi connectivity index (χ1n) is 17.3. The highest BCUT2D eigenvalue weighted by atomic mass is 35.5. The van der Waals surface area contributed by atoms with E-state index in [1.807, 2.05) is 52.3 Å². The van der Waals surface area contributed by atoms with Crippen LogP contribution < -0.4 is 18.9 Å². The zero-order chi connectivity index (χ0) is 37.6. The van der Waals surface area contributed by atoms with Gasteiger partial charge in [0.15, 0.2) is 0 Å². The third-order valence-corrected chi connectivity index (χ3v) is 10.6. The summed E-state index contributed by atoms with van der Waals surface area (Å²) in [5, 5.41) is 0.922. The molecule has 53 heavy (non-hydrogen) atoms. The Morgan fingerprint density at radius 2 is 1.36 bits per heavy atom. The maximum Gasteiger partial charge on any atom is 0.242 e. The van der Waals surface area contributed by atoms with Crippen LogP contribution in [0.25, 0.3) is 11.1 Å². The molecular weight excluding hydrogens is 732 g/mol. The first kappa shape index (κ1) is 38.6. The van der Waals surface area contributed by atoms with E-state index in [1.165, 1.54) is 21.1 Å². The monoisotopic (exact) mass is 772 g/mol. The van der Waals surface area contributed by atoms with E-state index >= 15 is 0 Å². The Balaban J connectivity index is 1.10. The summed E-state index contributed by atoms with van der Waals surface area (Å²) in [6.45, 7) is 3.60. The number of pyridine rings is 2. The summed E-state index contributed by atoms with van der Waals surface area (Å²) in [6.07, 6.45) is -2.72. The van der Waals surface area contributed by atoms with E-state index in [0.29, 0.717) is 88.4 Å². The molecular formula is C39H41Cl2F3N4O5. The highest BCUT2D eigenvalue weighted by Gasteiger charge is 2.35. The molecule has 0 N–H and O–H groups in total. The second-order valence-electron chi connectivity index (χ2n) is 13.3. The summed E-state index contributed by atoms with van der Waals surface area (Å²) in [4.78, 5) is 24.8. The Kier molecular flexibility index (Phi) is 12.7. The minimum absolute atomic E-state index is 0.0668. The molecule has 4 heterocycles. The lowest BCUT2D eigenvalue weighted by molar-refractivity contribution is -0.121. The molecule has 0 spiro atoms. The highest BCUT2D eigenvalue weighted by Crippen LogP contribution is 2.38. The molecule has 2 aliphatic rings. The predicted molar refractivity (Wildman–Crippen MR) is 196 cm³/mol. The van der Waals surface area contributed by atoms with Crippen molar-refractivity contribution in [3.63, 3.8) is 0 Å². The fourth-order valence-corrected chi connectivity index (χ4v) is 7.44. The number of carbonyl (C=O) groups excluding carboxylic acids is 1. The smallest absolute Gasteiger partial charge is 0.242 e. The number of likely N-dealkylation sites (tertiary alicyclic amines) is 2.